The van der Waals surface area contributed by atoms with E-state index in [1.165, 1.54) is 17.7 Å². The summed E-state index contributed by atoms with van der Waals surface area (Å²) < 4.78 is 38.8. The molecular formula is C12H18F3N3O2. The number of hydrogen-bond acceptors (Lipinski definition) is 3. The number of rotatable bonds is 5. The minimum atomic E-state index is -4.77. The van der Waals surface area contributed by atoms with Crippen molar-refractivity contribution in [1.29, 1.82) is 0 Å². The number of amides is 1. The van der Waals surface area contributed by atoms with Crippen molar-refractivity contribution in [2.75, 3.05) is 0 Å². The van der Waals surface area contributed by atoms with Crippen molar-refractivity contribution < 1.29 is 23.1 Å². The van der Waals surface area contributed by atoms with Crippen LogP contribution < -0.4 is 5.32 Å². The van der Waals surface area contributed by atoms with Crippen molar-refractivity contribution in [3.05, 3.63) is 18.0 Å². The zero-order valence-electron chi connectivity index (χ0n) is 11.5. The van der Waals surface area contributed by atoms with Crippen LogP contribution in [0.3, 0.4) is 0 Å². The summed E-state index contributed by atoms with van der Waals surface area (Å²) in [6, 6.07) is 0.0631. The molecule has 0 bridgehead atoms. The van der Waals surface area contributed by atoms with Gasteiger partial charge in [-0.2, -0.15) is 18.3 Å². The van der Waals surface area contributed by atoms with Crippen molar-refractivity contribution in [2.45, 2.75) is 51.6 Å². The van der Waals surface area contributed by atoms with Crippen LogP contribution in [0.1, 0.15) is 43.7 Å². The van der Waals surface area contributed by atoms with Crippen LogP contribution in [0.4, 0.5) is 13.2 Å². The third-order valence-corrected chi connectivity index (χ3v) is 2.84. The summed E-state index contributed by atoms with van der Waals surface area (Å²) in [5.41, 5.74) is 0.0199. The van der Waals surface area contributed by atoms with E-state index in [4.69, 9.17) is 5.11 Å². The van der Waals surface area contributed by atoms with E-state index in [-0.39, 0.29) is 18.2 Å². The molecule has 8 heteroatoms. The molecule has 1 amide bonds. The zero-order valence-corrected chi connectivity index (χ0v) is 11.5. The van der Waals surface area contributed by atoms with E-state index in [0.717, 1.165) is 0 Å². The van der Waals surface area contributed by atoms with Crippen molar-refractivity contribution in [2.24, 2.45) is 0 Å². The topological polar surface area (TPSA) is 67.2 Å². The van der Waals surface area contributed by atoms with E-state index in [9.17, 15) is 18.0 Å². The van der Waals surface area contributed by atoms with E-state index in [0.29, 0.717) is 0 Å². The second-order valence-electron chi connectivity index (χ2n) is 4.75. The van der Waals surface area contributed by atoms with Gasteiger partial charge in [-0.05, 0) is 26.3 Å². The Balaban J connectivity index is 2.76. The summed E-state index contributed by atoms with van der Waals surface area (Å²) >= 11 is 0. The number of nitrogens with zero attached hydrogens (tertiary/aromatic N) is 2. The average Bonchev–Trinajstić information content (AvgIpc) is 2.83. The van der Waals surface area contributed by atoms with Crippen LogP contribution in [0.15, 0.2) is 12.3 Å². The first-order valence-electron chi connectivity index (χ1n) is 6.27. The Bertz CT molecular complexity index is 457. The highest BCUT2D eigenvalue weighted by Gasteiger charge is 2.43. The standard InChI is InChI=1S/C12H18F3N3O2/c1-4-8(10(19)12(13,14)15)16-11(20)9-5-6-18(17-9)7(2)3/h5-8,10,19H,4H2,1-3H3,(H,16,20). The lowest BCUT2D eigenvalue weighted by Gasteiger charge is -2.24. The second kappa shape index (κ2) is 6.25. The van der Waals surface area contributed by atoms with Gasteiger partial charge in [0, 0.05) is 12.2 Å². The number of carbonyl (C=O) groups excluding carboxylic acids is 1. The molecule has 2 N–H and O–H groups in total. The molecule has 20 heavy (non-hydrogen) atoms. The lowest BCUT2D eigenvalue weighted by Crippen LogP contribution is -2.49. The smallest absolute Gasteiger partial charge is 0.382 e. The summed E-state index contributed by atoms with van der Waals surface area (Å²) in [4.78, 5) is 11.8. The number of nitrogens with one attached hydrogen (secondary N) is 1. The predicted molar refractivity (Wildman–Crippen MR) is 66.2 cm³/mol. The first kappa shape index (κ1) is 16.5. The zero-order chi connectivity index (χ0) is 15.5. The predicted octanol–water partition coefficient (Wildman–Crippen LogP) is 1.90. The van der Waals surface area contributed by atoms with Crippen LogP contribution in [0.2, 0.25) is 0 Å². The molecule has 5 nitrogen and oxygen atoms in total. The second-order valence-corrected chi connectivity index (χ2v) is 4.75. The number of alkyl halides is 3. The summed E-state index contributed by atoms with van der Waals surface area (Å²) in [5, 5.41) is 15.3. The van der Waals surface area contributed by atoms with Crippen LogP contribution in [0, 0.1) is 0 Å². The lowest BCUT2D eigenvalue weighted by atomic mass is 10.1. The quantitative estimate of drug-likeness (QED) is 0.871. The maximum absolute atomic E-state index is 12.4. The Morgan fingerprint density at radius 1 is 1.50 bits per heavy atom. The molecule has 1 aromatic heterocycles. The van der Waals surface area contributed by atoms with Crippen LogP contribution in [0.5, 0.6) is 0 Å². The van der Waals surface area contributed by atoms with Gasteiger partial charge in [-0.1, -0.05) is 6.92 Å². The van der Waals surface area contributed by atoms with Gasteiger partial charge in [-0.3, -0.25) is 9.48 Å². The van der Waals surface area contributed by atoms with Crippen LogP contribution in [-0.2, 0) is 0 Å². The van der Waals surface area contributed by atoms with Crippen LogP contribution in [-0.4, -0.2) is 39.1 Å². The number of halogens is 3. The van der Waals surface area contributed by atoms with Crippen molar-refractivity contribution in [3.63, 3.8) is 0 Å². The highest BCUT2D eigenvalue weighted by atomic mass is 19.4. The van der Waals surface area contributed by atoms with Gasteiger partial charge in [0.2, 0.25) is 0 Å². The lowest BCUT2D eigenvalue weighted by molar-refractivity contribution is -0.211. The molecule has 1 aromatic rings. The van der Waals surface area contributed by atoms with Gasteiger partial charge in [0.1, 0.15) is 5.69 Å². The number of carbonyl (C=O) groups is 1. The van der Waals surface area contributed by atoms with Gasteiger partial charge in [-0.25, -0.2) is 0 Å². The molecule has 0 saturated heterocycles. The Morgan fingerprint density at radius 3 is 2.50 bits per heavy atom. The van der Waals surface area contributed by atoms with Crippen molar-refractivity contribution in [1.82, 2.24) is 15.1 Å². The maximum Gasteiger partial charge on any atom is 0.416 e. The summed E-state index contributed by atoms with van der Waals surface area (Å²) in [6.07, 6.45) is -5.84. The number of aliphatic hydroxyl groups excluding tert-OH is 1. The molecule has 114 valence electrons. The minimum Gasteiger partial charge on any atom is -0.382 e. The average molecular weight is 293 g/mol. The van der Waals surface area contributed by atoms with Gasteiger partial charge in [-0.15, -0.1) is 0 Å². The highest BCUT2D eigenvalue weighted by Crippen LogP contribution is 2.23. The molecular weight excluding hydrogens is 275 g/mol. The molecule has 0 radical (unpaired) electrons. The van der Waals surface area contributed by atoms with E-state index >= 15 is 0 Å². The van der Waals surface area contributed by atoms with E-state index in [1.54, 1.807) is 6.20 Å². The largest absolute Gasteiger partial charge is 0.416 e. The molecule has 0 saturated carbocycles. The fourth-order valence-corrected chi connectivity index (χ4v) is 1.62. The molecule has 0 aliphatic heterocycles. The molecule has 0 fully saturated rings. The number of hydrogen-bond donors (Lipinski definition) is 2. The number of aromatic nitrogens is 2. The van der Waals surface area contributed by atoms with Crippen LogP contribution in [0.25, 0.3) is 0 Å². The third kappa shape index (κ3) is 3.96. The van der Waals surface area contributed by atoms with Gasteiger partial charge in [0.25, 0.3) is 5.91 Å². The molecule has 0 spiro atoms. The van der Waals surface area contributed by atoms with Gasteiger partial charge in [0.15, 0.2) is 6.10 Å². The molecule has 2 unspecified atom stereocenters. The fourth-order valence-electron chi connectivity index (χ4n) is 1.62. The maximum atomic E-state index is 12.4. The molecule has 0 aliphatic carbocycles. The van der Waals surface area contributed by atoms with E-state index < -0.39 is 24.2 Å². The Hall–Kier alpha value is -1.57. The van der Waals surface area contributed by atoms with Gasteiger partial charge < -0.3 is 10.4 Å². The SMILES string of the molecule is CCC(NC(=O)c1ccn(C(C)C)n1)C(O)C(F)(F)F. The first-order valence-corrected chi connectivity index (χ1v) is 6.27. The van der Waals surface area contributed by atoms with Gasteiger partial charge >= 0.3 is 6.18 Å². The third-order valence-electron chi connectivity index (χ3n) is 2.84. The molecule has 1 rings (SSSR count). The van der Waals surface area contributed by atoms with Crippen LogP contribution >= 0.6 is 0 Å². The molecule has 2 atom stereocenters. The molecule has 1 heterocycles. The Labute approximate surface area is 114 Å². The number of aliphatic hydroxyl groups is 1. The molecule has 0 aliphatic rings. The first-order chi connectivity index (χ1) is 9.16. The normalized spacial score (nSPS) is 15.2. The minimum absolute atomic E-state index is 0.0199. The van der Waals surface area contributed by atoms with Gasteiger partial charge in [0.05, 0.1) is 6.04 Å². The van der Waals surface area contributed by atoms with Crippen molar-refractivity contribution >= 4 is 5.91 Å². The summed E-state index contributed by atoms with van der Waals surface area (Å²) in [5.74, 6) is -0.737. The molecule has 0 aromatic carbocycles. The summed E-state index contributed by atoms with van der Waals surface area (Å²) in [7, 11) is 0. The fraction of sp³-hybridized carbons (Fsp3) is 0.667. The Morgan fingerprint density at radius 2 is 2.10 bits per heavy atom. The van der Waals surface area contributed by atoms with E-state index in [1.807, 2.05) is 13.8 Å². The Kier molecular flexibility index (Phi) is 5.15. The summed E-state index contributed by atoms with van der Waals surface area (Å²) in [6.45, 7) is 5.17. The highest BCUT2D eigenvalue weighted by molar-refractivity contribution is 5.92. The van der Waals surface area contributed by atoms with E-state index in [2.05, 4.69) is 10.4 Å². The monoisotopic (exact) mass is 293 g/mol. The van der Waals surface area contributed by atoms with Crippen molar-refractivity contribution in [3.8, 4) is 0 Å².